The Balaban J connectivity index is 1.89. The Morgan fingerprint density at radius 3 is 2.72 bits per heavy atom. The van der Waals surface area contributed by atoms with Crippen molar-refractivity contribution in [3.8, 4) is 6.07 Å². The summed E-state index contributed by atoms with van der Waals surface area (Å²) in [5, 5.41) is 12.0. The molecule has 0 bridgehead atoms. The molecule has 96 valence electrons. The summed E-state index contributed by atoms with van der Waals surface area (Å²) in [6.45, 7) is 3.73. The zero-order chi connectivity index (χ0) is 13.0. The van der Waals surface area contributed by atoms with Crippen molar-refractivity contribution in [1.29, 1.82) is 5.26 Å². The van der Waals surface area contributed by atoms with Gasteiger partial charge < -0.3 is 5.32 Å². The molecular formula is C15H19FN2. The van der Waals surface area contributed by atoms with E-state index in [1.165, 1.54) is 31.7 Å². The molecule has 18 heavy (non-hydrogen) atoms. The van der Waals surface area contributed by atoms with Crippen LogP contribution >= 0.6 is 0 Å². The lowest BCUT2D eigenvalue weighted by atomic mass is 9.67. The first-order valence-corrected chi connectivity index (χ1v) is 6.58. The molecule has 2 nitrogen and oxygen atoms in total. The molecule has 1 aromatic carbocycles. The lowest BCUT2D eigenvalue weighted by molar-refractivity contribution is 0.123. The topological polar surface area (TPSA) is 35.8 Å². The Kier molecular flexibility index (Phi) is 3.98. The van der Waals surface area contributed by atoms with E-state index < -0.39 is 0 Å². The summed E-state index contributed by atoms with van der Waals surface area (Å²) < 4.78 is 13.6. The molecule has 0 atom stereocenters. The third-order valence-electron chi connectivity index (χ3n) is 4.16. The van der Waals surface area contributed by atoms with Crippen molar-refractivity contribution in [3.63, 3.8) is 0 Å². The second-order valence-corrected chi connectivity index (χ2v) is 5.23. The van der Waals surface area contributed by atoms with Crippen LogP contribution in [0.3, 0.4) is 0 Å². The molecule has 0 radical (unpaired) electrons. The van der Waals surface area contributed by atoms with Crippen molar-refractivity contribution in [2.45, 2.75) is 39.2 Å². The van der Waals surface area contributed by atoms with Crippen LogP contribution in [0, 0.1) is 22.6 Å². The lowest BCUT2D eigenvalue weighted by Crippen LogP contribution is -2.39. The van der Waals surface area contributed by atoms with E-state index in [4.69, 9.17) is 5.26 Å². The largest absolute Gasteiger partial charge is 0.312 e. The van der Waals surface area contributed by atoms with Gasteiger partial charge in [0.15, 0.2) is 0 Å². The minimum absolute atomic E-state index is 0.291. The van der Waals surface area contributed by atoms with Crippen LogP contribution in [0.4, 0.5) is 4.39 Å². The van der Waals surface area contributed by atoms with E-state index in [1.54, 1.807) is 12.1 Å². The van der Waals surface area contributed by atoms with Gasteiger partial charge in [0.05, 0.1) is 11.6 Å². The summed E-state index contributed by atoms with van der Waals surface area (Å²) in [6, 6.07) is 6.60. The van der Waals surface area contributed by atoms with Gasteiger partial charge in [0.1, 0.15) is 5.82 Å². The standard InChI is InChI=1S/C15H19FN2/c1-2-15(6-3-7-15)11-18-10-13-5-4-12(9-17)8-14(13)16/h4-5,8,18H,2-3,6-7,10-11H2,1H3. The minimum atomic E-state index is -0.291. The number of nitriles is 1. The highest BCUT2D eigenvalue weighted by molar-refractivity contribution is 5.32. The van der Waals surface area contributed by atoms with E-state index >= 15 is 0 Å². The number of hydrogen-bond acceptors (Lipinski definition) is 2. The molecule has 1 aliphatic carbocycles. The van der Waals surface area contributed by atoms with Gasteiger partial charge in [-0.05, 0) is 36.8 Å². The van der Waals surface area contributed by atoms with Gasteiger partial charge in [0.2, 0.25) is 0 Å². The van der Waals surface area contributed by atoms with Crippen LogP contribution in [0.2, 0.25) is 0 Å². The molecule has 0 spiro atoms. The lowest BCUT2D eigenvalue weighted by Gasteiger charge is -2.41. The normalized spacial score (nSPS) is 16.9. The van der Waals surface area contributed by atoms with Crippen LogP contribution in [0.15, 0.2) is 18.2 Å². The van der Waals surface area contributed by atoms with Gasteiger partial charge in [-0.2, -0.15) is 5.26 Å². The zero-order valence-electron chi connectivity index (χ0n) is 10.8. The second-order valence-electron chi connectivity index (χ2n) is 5.23. The van der Waals surface area contributed by atoms with Crippen molar-refractivity contribution in [2.24, 2.45) is 5.41 Å². The molecule has 0 heterocycles. The molecular weight excluding hydrogens is 227 g/mol. The fraction of sp³-hybridized carbons (Fsp3) is 0.533. The Labute approximate surface area is 108 Å². The number of halogens is 1. The summed E-state index contributed by atoms with van der Waals surface area (Å²) in [5.41, 5.74) is 1.46. The molecule has 1 N–H and O–H groups in total. The summed E-state index contributed by atoms with van der Waals surface area (Å²) in [5.74, 6) is -0.291. The van der Waals surface area contributed by atoms with Crippen LogP contribution in [0.5, 0.6) is 0 Å². The molecule has 0 aromatic heterocycles. The Hall–Kier alpha value is -1.40. The van der Waals surface area contributed by atoms with E-state index in [9.17, 15) is 4.39 Å². The minimum Gasteiger partial charge on any atom is -0.312 e. The Morgan fingerprint density at radius 2 is 2.22 bits per heavy atom. The molecule has 0 amide bonds. The molecule has 0 aliphatic heterocycles. The molecule has 1 aromatic rings. The van der Waals surface area contributed by atoms with Gasteiger partial charge in [0.25, 0.3) is 0 Å². The van der Waals surface area contributed by atoms with E-state index in [0.717, 1.165) is 6.54 Å². The fourth-order valence-electron chi connectivity index (χ4n) is 2.55. The van der Waals surface area contributed by atoms with Crippen molar-refractivity contribution >= 4 is 0 Å². The maximum absolute atomic E-state index is 13.6. The molecule has 2 rings (SSSR count). The maximum Gasteiger partial charge on any atom is 0.129 e. The van der Waals surface area contributed by atoms with E-state index in [1.807, 2.05) is 6.07 Å². The van der Waals surface area contributed by atoms with Crippen molar-refractivity contribution < 1.29 is 4.39 Å². The van der Waals surface area contributed by atoms with Gasteiger partial charge in [-0.1, -0.05) is 19.4 Å². The highest BCUT2D eigenvalue weighted by atomic mass is 19.1. The van der Waals surface area contributed by atoms with E-state index in [0.29, 0.717) is 23.1 Å². The van der Waals surface area contributed by atoms with Crippen LogP contribution in [-0.4, -0.2) is 6.54 Å². The van der Waals surface area contributed by atoms with Gasteiger partial charge in [-0.15, -0.1) is 0 Å². The maximum atomic E-state index is 13.6. The number of nitrogens with zero attached hydrogens (tertiary/aromatic N) is 1. The van der Waals surface area contributed by atoms with Gasteiger partial charge >= 0.3 is 0 Å². The summed E-state index contributed by atoms with van der Waals surface area (Å²) in [7, 11) is 0. The fourth-order valence-corrected chi connectivity index (χ4v) is 2.55. The first kappa shape index (κ1) is 13.0. The van der Waals surface area contributed by atoms with Gasteiger partial charge in [-0.25, -0.2) is 4.39 Å². The van der Waals surface area contributed by atoms with Crippen molar-refractivity contribution in [3.05, 3.63) is 35.1 Å². The van der Waals surface area contributed by atoms with Crippen molar-refractivity contribution in [1.82, 2.24) is 5.32 Å². The van der Waals surface area contributed by atoms with Crippen LogP contribution in [0.1, 0.15) is 43.7 Å². The van der Waals surface area contributed by atoms with Gasteiger partial charge in [-0.3, -0.25) is 0 Å². The van der Waals surface area contributed by atoms with E-state index in [2.05, 4.69) is 12.2 Å². The molecule has 0 saturated heterocycles. The molecule has 3 heteroatoms. The monoisotopic (exact) mass is 246 g/mol. The van der Waals surface area contributed by atoms with Crippen LogP contribution in [-0.2, 0) is 6.54 Å². The number of hydrogen-bond donors (Lipinski definition) is 1. The summed E-state index contributed by atoms with van der Waals surface area (Å²) in [6.07, 6.45) is 5.08. The highest BCUT2D eigenvalue weighted by Crippen LogP contribution is 2.43. The third-order valence-corrected chi connectivity index (χ3v) is 4.16. The highest BCUT2D eigenvalue weighted by Gasteiger charge is 2.34. The number of benzene rings is 1. The summed E-state index contributed by atoms with van der Waals surface area (Å²) in [4.78, 5) is 0. The van der Waals surface area contributed by atoms with E-state index in [-0.39, 0.29) is 5.82 Å². The number of nitrogens with one attached hydrogen (secondary N) is 1. The molecule has 1 saturated carbocycles. The van der Waals surface area contributed by atoms with Crippen LogP contribution < -0.4 is 5.32 Å². The zero-order valence-corrected chi connectivity index (χ0v) is 10.8. The Morgan fingerprint density at radius 1 is 1.44 bits per heavy atom. The first-order chi connectivity index (χ1) is 8.69. The molecule has 1 fully saturated rings. The van der Waals surface area contributed by atoms with Gasteiger partial charge in [0, 0.05) is 18.7 Å². The SMILES string of the molecule is CCC1(CNCc2ccc(C#N)cc2F)CCC1. The average Bonchev–Trinajstić information content (AvgIpc) is 2.34. The first-order valence-electron chi connectivity index (χ1n) is 6.58. The number of rotatable bonds is 5. The third kappa shape index (κ3) is 2.70. The Bertz CT molecular complexity index is 453. The second kappa shape index (κ2) is 5.49. The molecule has 1 aliphatic rings. The summed E-state index contributed by atoms with van der Waals surface area (Å²) >= 11 is 0. The predicted octanol–water partition coefficient (Wildman–Crippen LogP) is 3.37. The molecule has 0 unspecified atom stereocenters. The predicted molar refractivity (Wildman–Crippen MR) is 69.4 cm³/mol. The smallest absolute Gasteiger partial charge is 0.129 e. The quantitative estimate of drug-likeness (QED) is 0.864. The van der Waals surface area contributed by atoms with Crippen molar-refractivity contribution in [2.75, 3.05) is 6.54 Å². The van der Waals surface area contributed by atoms with Crippen LogP contribution in [0.25, 0.3) is 0 Å². The average molecular weight is 246 g/mol.